The minimum atomic E-state index is -0.511. The molecule has 0 spiro atoms. The highest BCUT2D eigenvalue weighted by atomic mass is 32.1. The highest BCUT2D eigenvalue weighted by molar-refractivity contribution is 7.80. The molecule has 1 atom stereocenters. The molecule has 1 unspecified atom stereocenters. The number of benzene rings is 1. The third-order valence-corrected chi connectivity index (χ3v) is 2.00. The molecule has 1 aromatic rings. The summed E-state index contributed by atoms with van der Waals surface area (Å²) in [5.41, 5.74) is 0.837. The first-order valence-electron chi connectivity index (χ1n) is 3.71. The number of thiol groups is 1. The highest BCUT2D eigenvalue weighted by Gasteiger charge is 2.04. The van der Waals surface area contributed by atoms with E-state index in [1.165, 1.54) is 0 Å². The third kappa shape index (κ3) is 2.16. The van der Waals surface area contributed by atoms with E-state index in [0.29, 0.717) is 5.75 Å². The van der Waals surface area contributed by atoms with Gasteiger partial charge in [0.1, 0.15) is 5.75 Å². The van der Waals surface area contributed by atoms with Gasteiger partial charge in [0, 0.05) is 5.75 Å². The SMILES string of the molecule is COc1cccc(C(O)CS)c1. The van der Waals surface area contributed by atoms with Gasteiger partial charge in [0.2, 0.25) is 0 Å². The fourth-order valence-electron chi connectivity index (χ4n) is 0.954. The molecule has 0 aliphatic carbocycles. The van der Waals surface area contributed by atoms with Crippen molar-refractivity contribution in [2.45, 2.75) is 6.10 Å². The smallest absolute Gasteiger partial charge is 0.119 e. The second-order valence-corrected chi connectivity index (χ2v) is 2.84. The third-order valence-electron chi connectivity index (χ3n) is 1.65. The van der Waals surface area contributed by atoms with Crippen molar-refractivity contribution in [3.63, 3.8) is 0 Å². The number of aliphatic hydroxyl groups excluding tert-OH is 1. The van der Waals surface area contributed by atoms with Gasteiger partial charge >= 0.3 is 0 Å². The van der Waals surface area contributed by atoms with Crippen LogP contribution in [-0.2, 0) is 0 Å². The fraction of sp³-hybridized carbons (Fsp3) is 0.333. The minimum absolute atomic E-state index is 0.424. The lowest BCUT2D eigenvalue weighted by atomic mass is 10.1. The molecular weight excluding hydrogens is 172 g/mol. The summed E-state index contributed by atoms with van der Waals surface area (Å²) < 4.78 is 5.01. The van der Waals surface area contributed by atoms with E-state index >= 15 is 0 Å². The number of methoxy groups -OCH3 is 1. The van der Waals surface area contributed by atoms with Crippen LogP contribution >= 0.6 is 12.6 Å². The van der Waals surface area contributed by atoms with Gasteiger partial charge in [-0.15, -0.1) is 0 Å². The lowest BCUT2D eigenvalue weighted by molar-refractivity contribution is 0.204. The Labute approximate surface area is 77.6 Å². The quantitative estimate of drug-likeness (QED) is 0.700. The number of rotatable bonds is 3. The average molecular weight is 184 g/mol. The van der Waals surface area contributed by atoms with E-state index in [1.54, 1.807) is 13.2 Å². The van der Waals surface area contributed by atoms with Gasteiger partial charge in [-0.2, -0.15) is 12.6 Å². The van der Waals surface area contributed by atoms with E-state index < -0.39 is 6.10 Å². The summed E-state index contributed by atoms with van der Waals surface area (Å²) in [6.07, 6.45) is -0.511. The van der Waals surface area contributed by atoms with E-state index in [2.05, 4.69) is 12.6 Å². The molecule has 0 fully saturated rings. The van der Waals surface area contributed by atoms with Crippen LogP contribution in [0.15, 0.2) is 24.3 Å². The van der Waals surface area contributed by atoms with E-state index in [9.17, 15) is 5.11 Å². The molecule has 3 heteroatoms. The molecule has 0 amide bonds. The zero-order valence-corrected chi connectivity index (χ0v) is 7.79. The van der Waals surface area contributed by atoms with Gasteiger partial charge in [-0.1, -0.05) is 12.1 Å². The Morgan fingerprint density at radius 2 is 2.33 bits per heavy atom. The molecule has 1 aromatic carbocycles. The summed E-state index contributed by atoms with van der Waals surface area (Å²) in [5.74, 6) is 1.18. The molecule has 0 heterocycles. The average Bonchev–Trinajstić information content (AvgIpc) is 2.17. The van der Waals surface area contributed by atoms with Crippen LogP contribution in [0.1, 0.15) is 11.7 Å². The summed E-state index contributed by atoms with van der Waals surface area (Å²) in [7, 11) is 1.60. The maximum absolute atomic E-state index is 9.42. The summed E-state index contributed by atoms with van der Waals surface area (Å²) in [6, 6.07) is 7.35. The monoisotopic (exact) mass is 184 g/mol. The van der Waals surface area contributed by atoms with Crippen molar-refractivity contribution in [2.75, 3.05) is 12.9 Å². The standard InChI is InChI=1S/C9H12O2S/c1-11-8-4-2-3-7(5-8)9(10)6-12/h2-5,9-10,12H,6H2,1H3. The second-order valence-electron chi connectivity index (χ2n) is 2.47. The Balaban J connectivity index is 2.86. The van der Waals surface area contributed by atoms with Crippen molar-refractivity contribution in [1.29, 1.82) is 0 Å². The van der Waals surface area contributed by atoms with Crippen molar-refractivity contribution in [3.8, 4) is 5.75 Å². The molecule has 1 N–H and O–H groups in total. The van der Waals surface area contributed by atoms with Crippen molar-refractivity contribution in [3.05, 3.63) is 29.8 Å². The molecule has 0 saturated carbocycles. The van der Waals surface area contributed by atoms with Crippen LogP contribution in [0.2, 0.25) is 0 Å². The summed E-state index contributed by atoms with van der Waals surface area (Å²) >= 11 is 4.00. The Hall–Kier alpha value is -0.670. The lowest BCUT2D eigenvalue weighted by Gasteiger charge is -2.08. The number of aliphatic hydroxyl groups is 1. The van der Waals surface area contributed by atoms with Crippen molar-refractivity contribution in [2.24, 2.45) is 0 Å². The molecule has 2 nitrogen and oxygen atoms in total. The molecule has 0 aliphatic rings. The summed E-state index contributed by atoms with van der Waals surface area (Å²) in [4.78, 5) is 0. The second kappa shape index (κ2) is 4.38. The number of hydrogen-bond donors (Lipinski definition) is 2. The Bertz CT molecular complexity index is 250. The van der Waals surface area contributed by atoms with Crippen LogP contribution in [0, 0.1) is 0 Å². The molecular formula is C9H12O2S. The normalized spacial score (nSPS) is 12.6. The molecule has 0 aromatic heterocycles. The zero-order chi connectivity index (χ0) is 8.97. The molecule has 0 aliphatic heterocycles. The zero-order valence-electron chi connectivity index (χ0n) is 6.90. The predicted molar refractivity (Wildman–Crippen MR) is 51.8 cm³/mol. The van der Waals surface area contributed by atoms with E-state index in [-0.39, 0.29) is 0 Å². The number of ether oxygens (including phenoxy) is 1. The van der Waals surface area contributed by atoms with Crippen LogP contribution in [0.4, 0.5) is 0 Å². The highest BCUT2D eigenvalue weighted by Crippen LogP contribution is 2.19. The van der Waals surface area contributed by atoms with Gasteiger partial charge in [-0.25, -0.2) is 0 Å². The Morgan fingerprint density at radius 1 is 1.58 bits per heavy atom. The van der Waals surface area contributed by atoms with E-state index in [4.69, 9.17) is 4.74 Å². The minimum Gasteiger partial charge on any atom is -0.497 e. The van der Waals surface area contributed by atoms with Crippen LogP contribution in [0.25, 0.3) is 0 Å². The molecule has 0 bridgehead atoms. The van der Waals surface area contributed by atoms with Gasteiger partial charge in [0.05, 0.1) is 13.2 Å². The Kier molecular flexibility index (Phi) is 3.44. The van der Waals surface area contributed by atoms with Crippen molar-refractivity contribution < 1.29 is 9.84 Å². The van der Waals surface area contributed by atoms with Gasteiger partial charge in [0.25, 0.3) is 0 Å². The van der Waals surface area contributed by atoms with Gasteiger partial charge < -0.3 is 9.84 Å². The first-order valence-corrected chi connectivity index (χ1v) is 4.34. The maximum atomic E-state index is 9.42. The van der Waals surface area contributed by atoms with Gasteiger partial charge in [-0.05, 0) is 17.7 Å². The molecule has 0 saturated heterocycles. The van der Waals surface area contributed by atoms with Crippen LogP contribution in [0.5, 0.6) is 5.75 Å². The van der Waals surface area contributed by atoms with E-state index in [0.717, 1.165) is 11.3 Å². The first kappa shape index (κ1) is 9.42. The maximum Gasteiger partial charge on any atom is 0.119 e. The fourth-order valence-corrected chi connectivity index (χ4v) is 1.17. The summed E-state index contributed by atoms with van der Waals surface area (Å²) in [6.45, 7) is 0. The lowest BCUT2D eigenvalue weighted by Crippen LogP contribution is -1.98. The Morgan fingerprint density at radius 3 is 2.92 bits per heavy atom. The molecule has 66 valence electrons. The topological polar surface area (TPSA) is 29.5 Å². The molecule has 0 radical (unpaired) electrons. The van der Waals surface area contributed by atoms with Crippen molar-refractivity contribution in [1.82, 2.24) is 0 Å². The first-order chi connectivity index (χ1) is 5.77. The molecule has 12 heavy (non-hydrogen) atoms. The molecule has 1 rings (SSSR count). The van der Waals surface area contributed by atoms with Gasteiger partial charge in [0.15, 0.2) is 0 Å². The van der Waals surface area contributed by atoms with Crippen LogP contribution in [0.3, 0.4) is 0 Å². The number of hydrogen-bond acceptors (Lipinski definition) is 3. The largest absolute Gasteiger partial charge is 0.497 e. The van der Waals surface area contributed by atoms with Crippen LogP contribution < -0.4 is 4.74 Å². The predicted octanol–water partition coefficient (Wildman–Crippen LogP) is 1.66. The summed E-state index contributed by atoms with van der Waals surface area (Å²) in [5, 5.41) is 9.42. The van der Waals surface area contributed by atoms with E-state index in [1.807, 2.05) is 18.2 Å². The van der Waals surface area contributed by atoms with Gasteiger partial charge in [-0.3, -0.25) is 0 Å². The van der Waals surface area contributed by atoms with Crippen molar-refractivity contribution >= 4 is 12.6 Å². The van der Waals surface area contributed by atoms with Crippen LogP contribution in [-0.4, -0.2) is 18.0 Å².